The van der Waals surface area contributed by atoms with Crippen LogP contribution in [0.1, 0.15) is 31.1 Å². The number of likely N-dealkylation sites (N-methyl/N-ethyl adjacent to an activating group) is 1. The van der Waals surface area contributed by atoms with Crippen molar-refractivity contribution in [1.29, 1.82) is 0 Å². The SMILES string of the molecule is CCN(CC(C)(C)O)c1cc(C(=O)O)c([N+](=O)[O-])cc1F. The van der Waals surface area contributed by atoms with Gasteiger partial charge in [-0.05, 0) is 26.8 Å². The van der Waals surface area contributed by atoms with Gasteiger partial charge in [0, 0.05) is 13.1 Å². The van der Waals surface area contributed by atoms with Gasteiger partial charge in [0.25, 0.3) is 5.69 Å². The summed E-state index contributed by atoms with van der Waals surface area (Å²) in [5, 5.41) is 29.6. The number of carbonyl (C=O) groups is 1. The summed E-state index contributed by atoms with van der Waals surface area (Å²) in [5.41, 5.74) is -2.62. The first-order valence-corrected chi connectivity index (χ1v) is 6.25. The van der Waals surface area contributed by atoms with Crippen LogP contribution in [0, 0.1) is 15.9 Å². The molecule has 0 bridgehead atoms. The molecule has 0 aliphatic carbocycles. The lowest BCUT2D eigenvalue weighted by atomic mass is 10.1. The molecule has 1 aromatic rings. The van der Waals surface area contributed by atoms with Crippen molar-refractivity contribution in [2.75, 3.05) is 18.0 Å². The molecule has 0 saturated heterocycles. The molecule has 1 aromatic carbocycles. The van der Waals surface area contributed by atoms with Gasteiger partial charge in [0.15, 0.2) is 5.82 Å². The Bertz CT molecular complexity index is 568. The second kappa shape index (κ2) is 6.04. The molecular formula is C13H17FN2O5. The number of nitro groups is 1. The topological polar surface area (TPSA) is 104 Å². The Morgan fingerprint density at radius 3 is 2.43 bits per heavy atom. The molecule has 7 nitrogen and oxygen atoms in total. The van der Waals surface area contributed by atoms with E-state index in [-0.39, 0.29) is 12.2 Å². The predicted octanol–water partition coefficient (Wildman–Crippen LogP) is 2.03. The first-order valence-electron chi connectivity index (χ1n) is 6.25. The normalized spacial score (nSPS) is 11.3. The van der Waals surface area contributed by atoms with Crippen LogP contribution in [0.3, 0.4) is 0 Å². The Balaban J connectivity index is 3.39. The van der Waals surface area contributed by atoms with Crippen molar-refractivity contribution in [2.45, 2.75) is 26.4 Å². The number of carboxylic acids is 1. The molecule has 21 heavy (non-hydrogen) atoms. The van der Waals surface area contributed by atoms with Gasteiger partial charge in [0.2, 0.25) is 0 Å². The van der Waals surface area contributed by atoms with E-state index in [4.69, 9.17) is 5.11 Å². The Morgan fingerprint density at radius 1 is 1.48 bits per heavy atom. The molecule has 0 atom stereocenters. The number of benzene rings is 1. The van der Waals surface area contributed by atoms with Crippen LogP contribution in [0.2, 0.25) is 0 Å². The highest BCUT2D eigenvalue weighted by atomic mass is 19.1. The second-order valence-electron chi connectivity index (χ2n) is 5.21. The highest BCUT2D eigenvalue weighted by Gasteiger charge is 2.27. The average Bonchev–Trinajstić information content (AvgIpc) is 2.34. The number of aliphatic hydroxyl groups is 1. The largest absolute Gasteiger partial charge is 0.477 e. The summed E-state index contributed by atoms with van der Waals surface area (Å²) < 4.78 is 14.0. The number of hydrogen-bond donors (Lipinski definition) is 2. The number of nitro benzene ring substituents is 1. The van der Waals surface area contributed by atoms with E-state index in [1.165, 1.54) is 18.7 Å². The van der Waals surface area contributed by atoms with Gasteiger partial charge in [0.05, 0.1) is 22.3 Å². The summed E-state index contributed by atoms with van der Waals surface area (Å²) in [6, 6.07) is 1.51. The molecule has 8 heteroatoms. The zero-order chi connectivity index (χ0) is 16.4. The molecule has 116 valence electrons. The van der Waals surface area contributed by atoms with Gasteiger partial charge in [-0.2, -0.15) is 0 Å². The lowest BCUT2D eigenvalue weighted by Crippen LogP contribution is -2.39. The molecule has 0 aliphatic rings. The maximum atomic E-state index is 14.0. The Hall–Kier alpha value is -2.22. The fourth-order valence-corrected chi connectivity index (χ4v) is 1.95. The fraction of sp³-hybridized carbons (Fsp3) is 0.462. The molecule has 1 rings (SSSR count). The lowest BCUT2D eigenvalue weighted by molar-refractivity contribution is -0.385. The van der Waals surface area contributed by atoms with Crippen LogP contribution in [0.15, 0.2) is 12.1 Å². The smallest absolute Gasteiger partial charge is 0.342 e. The van der Waals surface area contributed by atoms with E-state index in [9.17, 15) is 24.4 Å². The second-order valence-corrected chi connectivity index (χ2v) is 5.21. The molecule has 0 amide bonds. The van der Waals surface area contributed by atoms with Crippen molar-refractivity contribution < 1.29 is 24.3 Å². The van der Waals surface area contributed by atoms with Gasteiger partial charge < -0.3 is 15.1 Å². The third-order valence-electron chi connectivity index (χ3n) is 2.79. The quantitative estimate of drug-likeness (QED) is 0.615. The fourth-order valence-electron chi connectivity index (χ4n) is 1.95. The number of nitrogens with zero attached hydrogens (tertiary/aromatic N) is 2. The number of hydrogen-bond acceptors (Lipinski definition) is 5. The van der Waals surface area contributed by atoms with Crippen LogP contribution in [-0.4, -0.2) is 39.8 Å². The van der Waals surface area contributed by atoms with Crippen molar-refractivity contribution in [1.82, 2.24) is 0 Å². The summed E-state index contributed by atoms with van der Waals surface area (Å²) in [6.07, 6.45) is 0. The Labute approximate surface area is 120 Å². The van der Waals surface area contributed by atoms with E-state index in [2.05, 4.69) is 0 Å². The van der Waals surface area contributed by atoms with Crippen molar-refractivity contribution in [3.63, 3.8) is 0 Å². The van der Waals surface area contributed by atoms with Gasteiger partial charge in [-0.25, -0.2) is 9.18 Å². The van der Waals surface area contributed by atoms with Crippen molar-refractivity contribution in [2.24, 2.45) is 0 Å². The summed E-state index contributed by atoms with van der Waals surface area (Å²) in [4.78, 5) is 22.4. The van der Waals surface area contributed by atoms with E-state index < -0.39 is 33.6 Å². The van der Waals surface area contributed by atoms with Gasteiger partial charge in [-0.1, -0.05) is 0 Å². The predicted molar refractivity (Wildman–Crippen MR) is 74.2 cm³/mol. The van der Waals surface area contributed by atoms with Crippen molar-refractivity contribution in [3.8, 4) is 0 Å². The Kier molecular flexibility index (Phi) is 4.84. The van der Waals surface area contributed by atoms with Gasteiger partial charge in [-0.3, -0.25) is 10.1 Å². The number of halogens is 1. The van der Waals surface area contributed by atoms with Crippen LogP contribution in [-0.2, 0) is 0 Å². The monoisotopic (exact) mass is 300 g/mol. The molecule has 0 saturated carbocycles. The van der Waals surface area contributed by atoms with Crippen LogP contribution in [0.4, 0.5) is 15.8 Å². The Morgan fingerprint density at radius 2 is 2.05 bits per heavy atom. The first kappa shape index (κ1) is 16.8. The molecule has 0 spiro atoms. The van der Waals surface area contributed by atoms with Crippen molar-refractivity contribution >= 4 is 17.3 Å². The summed E-state index contributed by atoms with van der Waals surface area (Å²) in [5.74, 6) is -2.42. The number of aromatic carboxylic acids is 1. The summed E-state index contributed by atoms with van der Waals surface area (Å²) >= 11 is 0. The molecule has 0 radical (unpaired) electrons. The molecule has 2 N–H and O–H groups in total. The summed E-state index contributed by atoms with van der Waals surface area (Å²) in [7, 11) is 0. The molecule has 0 fully saturated rings. The van der Waals surface area contributed by atoms with Crippen LogP contribution >= 0.6 is 0 Å². The zero-order valence-electron chi connectivity index (χ0n) is 12.0. The first-order chi connectivity index (χ1) is 9.56. The minimum absolute atomic E-state index is 0.0529. The van der Waals surface area contributed by atoms with Crippen LogP contribution in [0.5, 0.6) is 0 Å². The molecule has 0 aromatic heterocycles. The number of carboxylic acid groups (broad SMARTS) is 1. The molecular weight excluding hydrogens is 283 g/mol. The maximum Gasteiger partial charge on any atom is 0.342 e. The van der Waals surface area contributed by atoms with E-state index in [0.717, 1.165) is 6.07 Å². The third kappa shape index (κ3) is 4.12. The molecule has 0 unspecified atom stereocenters. The third-order valence-corrected chi connectivity index (χ3v) is 2.79. The summed E-state index contributed by atoms with van der Waals surface area (Å²) in [6.45, 7) is 5.11. The molecule has 0 heterocycles. The van der Waals surface area contributed by atoms with E-state index in [0.29, 0.717) is 12.6 Å². The van der Waals surface area contributed by atoms with E-state index >= 15 is 0 Å². The van der Waals surface area contributed by atoms with Gasteiger partial charge in [-0.15, -0.1) is 0 Å². The highest BCUT2D eigenvalue weighted by molar-refractivity contribution is 5.93. The van der Waals surface area contributed by atoms with Crippen molar-refractivity contribution in [3.05, 3.63) is 33.6 Å². The standard InChI is InChI=1S/C13H17FN2O5/c1-4-15(7-13(2,3)19)11-5-8(12(17)18)10(16(20)21)6-9(11)14/h5-6,19H,4,7H2,1-3H3,(H,17,18). The zero-order valence-corrected chi connectivity index (χ0v) is 12.0. The number of rotatable bonds is 6. The highest BCUT2D eigenvalue weighted by Crippen LogP contribution is 2.29. The van der Waals surface area contributed by atoms with Gasteiger partial charge in [0.1, 0.15) is 5.56 Å². The van der Waals surface area contributed by atoms with E-state index in [1.807, 2.05) is 0 Å². The van der Waals surface area contributed by atoms with Crippen LogP contribution in [0.25, 0.3) is 0 Å². The maximum absolute atomic E-state index is 14.0. The molecule has 0 aliphatic heterocycles. The van der Waals surface area contributed by atoms with Crippen LogP contribution < -0.4 is 4.90 Å². The number of anilines is 1. The van der Waals surface area contributed by atoms with Gasteiger partial charge >= 0.3 is 5.97 Å². The minimum atomic E-state index is -1.51. The van der Waals surface area contributed by atoms with E-state index in [1.54, 1.807) is 6.92 Å². The average molecular weight is 300 g/mol. The lowest BCUT2D eigenvalue weighted by Gasteiger charge is -2.30. The minimum Gasteiger partial charge on any atom is -0.477 e.